The second-order valence-corrected chi connectivity index (χ2v) is 4.28. The molecule has 1 aliphatic rings. The molecule has 8 heteroatoms. The lowest BCUT2D eigenvalue weighted by atomic mass is 9.99. The topological polar surface area (TPSA) is 83.6 Å². The van der Waals surface area contributed by atoms with Crippen LogP contribution in [0.1, 0.15) is 5.56 Å². The minimum absolute atomic E-state index is 0.0792. The minimum atomic E-state index is -1.63. The van der Waals surface area contributed by atoms with Crippen molar-refractivity contribution < 1.29 is 27.9 Å². The van der Waals surface area contributed by atoms with Crippen LogP contribution < -0.4 is 5.73 Å². The van der Waals surface area contributed by atoms with Crippen molar-refractivity contribution in [2.24, 2.45) is 5.73 Å². The molecule has 110 valence electrons. The van der Waals surface area contributed by atoms with E-state index in [2.05, 4.69) is 0 Å². The highest BCUT2D eigenvalue weighted by Crippen LogP contribution is 2.25. The number of aliphatic carboxylic acids is 1. The van der Waals surface area contributed by atoms with E-state index in [0.717, 1.165) is 17.2 Å². The quantitative estimate of drug-likeness (QED) is 0.817. The van der Waals surface area contributed by atoms with E-state index in [1.807, 2.05) is 0 Å². The minimum Gasteiger partial charge on any atom is -0.478 e. The summed E-state index contributed by atoms with van der Waals surface area (Å²) in [5.41, 5.74) is 4.81. The van der Waals surface area contributed by atoms with Crippen molar-refractivity contribution in [2.45, 2.75) is 0 Å². The molecule has 0 fully saturated rings. The lowest BCUT2D eigenvalue weighted by Gasteiger charge is -2.23. The molecule has 2 amide bonds. The summed E-state index contributed by atoms with van der Waals surface area (Å²) in [4.78, 5) is 23.0. The number of nitrogens with zero attached hydrogens (tertiary/aromatic N) is 1. The predicted molar refractivity (Wildman–Crippen MR) is 66.3 cm³/mol. The van der Waals surface area contributed by atoms with E-state index >= 15 is 0 Å². The standard InChI is InChI=1S/C13H9F3N2O3/c14-9-2-6(3-10(15)11(9)16)7-1-8(12(19)20)5-18(4-7)13(17)21/h1-3,5H,4H2,(H2,17,21)(H,19,20). The third kappa shape index (κ3) is 2.88. The number of hydrogen-bond donors (Lipinski definition) is 2. The molecule has 1 aliphatic heterocycles. The molecule has 0 aliphatic carbocycles. The molecular formula is C13H9F3N2O3. The lowest BCUT2D eigenvalue weighted by Crippen LogP contribution is -2.35. The maximum atomic E-state index is 13.2. The normalized spacial score (nSPS) is 14.5. The number of hydrogen-bond acceptors (Lipinski definition) is 2. The summed E-state index contributed by atoms with van der Waals surface area (Å²) in [7, 11) is 0. The Hall–Kier alpha value is -2.77. The van der Waals surface area contributed by atoms with E-state index in [1.165, 1.54) is 0 Å². The van der Waals surface area contributed by atoms with Crippen LogP contribution in [0.4, 0.5) is 18.0 Å². The van der Waals surface area contributed by atoms with Crippen LogP contribution in [-0.2, 0) is 4.79 Å². The van der Waals surface area contributed by atoms with Crippen molar-refractivity contribution in [2.75, 3.05) is 6.54 Å². The SMILES string of the molecule is NC(=O)N1C=C(C(=O)O)C=C(c2cc(F)c(F)c(F)c2)C1. The van der Waals surface area contributed by atoms with Gasteiger partial charge in [-0.05, 0) is 29.3 Å². The molecule has 5 nitrogen and oxygen atoms in total. The highest BCUT2D eigenvalue weighted by molar-refractivity contribution is 5.95. The smallest absolute Gasteiger partial charge is 0.337 e. The fourth-order valence-electron chi connectivity index (χ4n) is 1.84. The number of benzene rings is 1. The van der Waals surface area contributed by atoms with Gasteiger partial charge in [0.2, 0.25) is 0 Å². The monoisotopic (exact) mass is 298 g/mol. The number of primary amides is 1. The number of carbonyl (C=O) groups is 2. The van der Waals surface area contributed by atoms with Crippen LogP contribution in [0.2, 0.25) is 0 Å². The molecule has 21 heavy (non-hydrogen) atoms. The number of rotatable bonds is 2. The molecule has 0 saturated carbocycles. The van der Waals surface area contributed by atoms with Gasteiger partial charge in [-0.25, -0.2) is 22.8 Å². The van der Waals surface area contributed by atoms with Crippen molar-refractivity contribution in [3.63, 3.8) is 0 Å². The van der Waals surface area contributed by atoms with Crippen LogP contribution in [0.5, 0.6) is 0 Å². The van der Waals surface area contributed by atoms with Gasteiger partial charge in [0, 0.05) is 6.20 Å². The first kappa shape index (κ1) is 14.6. The molecular weight excluding hydrogens is 289 g/mol. The predicted octanol–water partition coefficient (Wildman–Crippen LogP) is 1.85. The molecule has 1 heterocycles. The van der Waals surface area contributed by atoms with E-state index in [1.54, 1.807) is 0 Å². The summed E-state index contributed by atoms with van der Waals surface area (Å²) in [6.07, 6.45) is 2.14. The second-order valence-electron chi connectivity index (χ2n) is 4.28. The highest BCUT2D eigenvalue weighted by atomic mass is 19.2. The molecule has 0 radical (unpaired) electrons. The zero-order chi connectivity index (χ0) is 15.7. The molecule has 0 spiro atoms. The third-order valence-electron chi connectivity index (χ3n) is 2.85. The van der Waals surface area contributed by atoms with Gasteiger partial charge >= 0.3 is 12.0 Å². The molecule has 1 aromatic carbocycles. The fraction of sp³-hybridized carbons (Fsp3) is 0.0769. The van der Waals surface area contributed by atoms with Gasteiger partial charge in [0.1, 0.15) is 0 Å². The number of amides is 2. The third-order valence-corrected chi connectivity index (χ3v) is 2.85. The summed E-state index contributed by atoms with van der Waals surface area (Å²) < 4.78 is 39.4. The number of nitrogens with two attached hydrogens (primary N) is 1. The number of carboxylic acid groups (broad SMARTS) is 1. The van der Waals surface area contributed by atoms with Crippen LogP contribution in [0.15, 0.2) is 30.0 Å². The van der Waals surface area contributed by atoms with Crippen molar-refractivity contribution in [3.05, 3.63) is 53.0 Å². The van der Waals surface area contributed by atoms with Crippen LogP contribution in [0, 0.1) is 17.5 Å². The van der Waals surface area contributed by atoms with Gasteiger partial charge in [0.05, 0.1) is 12.1 Å². The van der Waals surface area contributed by atoms with Gasteiger partial charge < -0.3 is 10.8 Å². The van der Waals surface area contributed by atoms with Crippen molar-refractivity contribution in [1.82, 2.24) is 4.90 Å². The van der Waals surface area contributed by atoms with Crippen LogP contribution in [-0.4, -0.2) is 28.6 Å². The second kappa shape index (κ2) is 5.31. The van der Waals surface area contributed by atoms with E-state index in [-0.39, 0.29) is 23.3 Å². The summed E-state index contributed by atoms with van der Waals surface area (Å²) in [6.45, 7) is -0.184. The fourth-order valence-corrected chi connectivity index (χ4v) is 1.84. The Labute approximate surface area is 116 Å². The lowest BCUT2D eigenvalue weighted by molar-refractivity contribution is -0.132. The first-order valence-electron chi connectivity index (χ1n) is 5.66. The maximum absolute atomic E-state index is 13.2. The zero-order valence-electron chi connectivity index (χ0n) is 10.4. The van der Waals surface area contributed by atoms with E-state index in [0.29, 0.717) is 12.1 Å². The van der Waals surface area contributed by atoms with Gasteiger partial charge in [0.15, 0.2) is 17.5 Å². The largest absolute Gasteiger partial charge is 0.478 e. The van der Waals surface area contributed by atoms with E-state index < -0.39 is 29.5 Å². The van der Waals surface area contributed by atoms with Crippen LogP contribution in [0.25, 0.3) is 5.57 Å². The van der Waals surface area contributed by atoms with Crippen LogP contribution in [0.3, 0.4) is 0 Å². The first-order valence-corrected chi connectivity index (χ1v) is 5.66. The van der Waals surface area contributed by atoms with Gasteiger partial charge in [0.25, 0.3) is 0 Å². The summed E-state index contributed by atoms with van der Waals surface area (Å²) in [5.74, 6) is -5.80. The number of carbonyl (C=O) groups excluding carboxylic acids is 1. The summed E-state index contributed by atoms with van der Waals surface area (Å²) in [6, 6.07) is 0.505. The van der Waals surface area contributed by atoms with Crippen LogP contribution >= 0.6 is 0 Å². The Morgan fingerprint density at radius 1 is 1.19 bits per heavy atom. The molecule has 1 aromatic rings. The van der Waals surface area contributed by atoms with Gasteiger partial charge in [-0.3, -0.25) is 4.90 Å². The molecule has 0 bridgehead atoms. The van der Waals surface area contributed by atoms with E-state index in [9.17, 15) is 22.8 Å². The Kier molecular flexibility index (Phi) is 3.70. The molecule has 0 saturated heterocycles. The average Bonchev–Trinajstić information content (AvgIpc) is 2.43. The summed E-state index contributed by atoms with van der Waals surface area (Å²) in [5, 5.41) is 8.96. The van der Waals surface area contributed by atoms with E-state index in [4.69, 9.17) is 10.8 Å². The molecule has 3 N–H and O–H groups in total. The maximum Gasteiger partial charge on any atom is 0.337 e. The highest BCUT2D eigenvalue weighted by Gasteiger charge is 2.22. The van der Waals surface area contributed by atoms with Gasteiger partial charge in [-0.15, -0.1) is 0 Å². The first-order chi connectivity index (χ1) is 9.79. The Morgan fingerprint density at radius 3 is 2.24 bits per heavy atom. The van der Waals surface area contributed by atoms with Crippen molar-refractivity contribution in [1.29, 1.82) is 0 Å². The van der Waals surface area contributed by atoms with Crippen molar-refractivity contribution >= 4 is 17.6 Å². The van der Waals surface area contributed by atoms with Crippen molar-refractivity contribution in [3.8, 4) is 0 Å². The number of urea groups is 1. The van der Waals surface area contributed by atoms with Gasteiger partial charge in [-0.2, -0.15) is 0 Å². The number of halogens is 3. The number of carboxylic acids is 1. The molecule has 2 rings (SSSR count). The van der Waals surface area contributed by atoms with Gasteiger partial charge in [-0.1, -0.05) is 0 Å². The molecule has 0 aromatic heterocycles. The Bertz CT molecular complexity index is 675. The average molecular weight is 298 g/mol. The Balaban J connectivity index is 2.50. The molecule has 0 atom stereocenters. The molecule has 0 unspecified atom stereocenters. The zero-order valence-corrected chi connectivity index (χ0v) is 10.4. The Morgan fingerprint density at radius 2 is 1.76 bits per heavy atom. The summed E-state index contributed by atoms with van der Waals surface area (Å²) >= 11 is 0.